The van der Waals surface area contributed by atoms with Gasteiger partial charge in [-0.1, -0.05) is 18.2 Å². The van der Waals surface area contributed by atoms with Gasteiger partial charge in [0.2, 0.25) is 0 Å². The first kappa shape index (κ1) is 8.57. The number of hydroxylamine groups is 1. The van der Waals surface area contributed by atoms with Gasteiger partial charge in [0.05, 0.1) is 18.3 Å². The number of nitrogens with zero attached hydrogens (tertiary/aromatic N) is 1. The van der Waals surface area contributed by atoms with E-state index >= 15 is 0 Å². The molecule has 13 heavy (non-hydrogen) atoms. The Bertz CT molecular complexity index is 260. The molecule has 1 atom stereocenters. The number of hydrogen-bond donors (Lipinski definition) is 0. The van der Waals surface area contributed by atoms with Crippen molar-refractivity contribution >= 4 is 5.69 Å². The number of rotatable bonds is 1. The molecular formula is C11H15NO. The molecule has 0 amide bonds. The second-order valence-electron chi connectivity index (χ2n) is 3.49. The number of benzene rings is 1. The summed E-state index contributed by atoms with van der Waals surface area (Å²) in [4.78, 5) is 5.61. The third kappa shape index (κ3) is 1.83. The van der Waals surface area contributed by atoms with E-state index in [-0.39, 0.29) is 0 Å². The van der Waals surface area contributed by atoms with Gasteiger partial charge in [0.15, 0.2) is 0 Å². The molecule has 1 saturated heterocycles. The van der Waals surface area contributed by atoms with Gasteiger partial charge < -0.3 is 0 Å². The maximum Gasteiger partial charge on any atom is 0.0749 e. The van der Waals surface area contributed by atoms with Crippen molar-refractivity contribution in [2.45, 2.75) is 25.8 Å². The number of anilines is 1. The zero-order chi connectivity index (χ0) is 9.10. The van der Waals surface area contributed by atoms with Crippen molar-refractivity contribution < 1.29 is 4.84 Å². The van der Waals surface area contributed by atoms with Gasteiger partial charge in [-0.15, -0.1) is 0 Å². The molecule has 2 heteroatoms. The zero-order valence-electron chi connectivity index (χ0n) is 7.94. The summed E-state index contributed by atoms with van der Waals surface area (Å²) >= 11 is 0. The Morgan fingerprint density at radius 1 is 1.31 bits per heavy atom. The third-order valence-electron chi connectivity index (χ3n) is 2.41. The monoisotopic (exact) mass is 177 g/mol. The fourth-order valence-corrected chi connectivity index (χ4v) is 1.69. The fraction of sp³-hybridized carbons (Fsp3) is 0.455. The SMILES string of the molecule is CC1CCCON1c1ccccc1. The molecule has 0 N–H and O–H groups in total. The molecule has 0 aromatic heterocycles. The molecule has 1 aliphatic rings. The molecule has 1 unspecified atom stereocenters. The molecule has 2 nitrogen and oxygen atoms in total. The zero-order valence-corrected chi connectivity index (χ0v) is 7.94. The van der Waals surface area contributed by atoms with Crippen LogP contribution in [-0.4, -0.2) is 12.6 Å². The van der Waals surface area contributed by atoms with Crippen LogP contribution in [-0.2, 0) is 4.84 Å². The highest BCUT2D eigenvalue weighted by Crippen LogP contribution is 2.22. The number of para-hydroxylation sites is 1. The Labute approximate surface area is 79.1 Å². The minimum absolute atomic E-state index is 0.496. The molecule has 2 rings (SSSR count). The Kier molecular flexibility index (Phi) is 2.50. The maximum absolute atomic E-state index is 5.61. The Balaban J connectivity index is 2.15. The van der Waals surface area contributed by atoms with E-state index in [1.807, 2.05) is 23.3 Å². The second-order valence-corrected chi connectivity index (χ2v) is 3.49. The largest absolute Gasteiger partial charge is 0.273 e. The quantitative estimate of drug-likeness (QED) is 0.653. The van der Waals surface area contributed by atoms with Crippen molar-refractivity contribution in [2.24, 2.45) is 0 Å². The molecule has 0 aliphatic carbocycles. The third-order valence-corrected chi connectivity index (χ3v) is 2.41. The van der Waals surface area contributed by atoms with Crippen LogP contribution in [0.2, 0.25) is 0 Å². The Morgan fingerprint density at radius 3 is 2.77 bits per heavy atom. The average molecular weight is 177 g/mol. The van der Waals surface area contributed by atoms with Crippen LogP contribution in [0.1, 0.15) is 19.8 Å². The highest BCUT2D eigenvalue weighted by atomic mass is 16.7. The molecule has 0 spiro atoms. The Hall–Kier alpha value is -1.02. The lowest BCUT2D eigenvalue weighted by atomic mass is 10.1. The molecule has 0 radical (unpaired) electrons. The van der Waals surface area contributed by atoms with E-state index in [0.29, 0.717) is 6.04 Å². The van der Waals surface area contributed by atoms with Crippen molar-refractivity contribution in [1.29, 1.82) is 0 Å². The van der Waals surface area contributed by atoms with E-state index in [1.165, 1.54) is 12.8 Å². The van der Waals surface area contributed by atoms with Gasteiger partial charge in [0.25, 0.3) is 0 Å². The van der Waals surface area contributed by atoms with Gasteiger partial charge >= 0.3 is 0 Å². The smallest absolute Gasteiger partial charge is 0.0749 e. The van der Waals surface area contributed by atoms with Gasteiger partial charge in [0, 0.05) is 0 Å². The highest BCUT2D eigenvalue weighted by Gasteiger charge is 2.18. The maximum atomic E-state index is 5.61. The summed E-state index contributed by atoms with van der Waals surface area (Å²) in [6.45, 7) is 3.05. The van der Waals surface area contributed by atoms with Gasteiger partial charge in [-0.05, 0) is 31.9 Å². The molecule has 70 valence electrons. The molecule has 0 saturated carbocycles. The van der Waals surface area contributed by atoms with Crippen LogP contribution >= 0.6 is 0 Å². The van der Waals surface area contributed by atoms with Crippen molar-refractivity contribution in [2.75, 3.05) is 11.7 Å². The van der Waals surface area contributed by atoms with E-state index < -0.39 is 0 Å². The van der Waals surface area contributed by atoms with Crippen LogP contribution in [0.5, 0.6) is 0 Å². The first-order valence-corrected chi connectivity index (χ1v) is 4.85. The minimum atomic E-state index is 0.496. The van der Waals surface area contributed by atoms with Gasteiger partial charge in [0.1, 0.15) is 0 Å². The minimum Gasteiger partial charge on any atom is -0.273 e. The first-order valence-electron chi connectivity index (χ1n) is 4.85. The van der Waals surface area contributed by atoms with E-state index in [9.17, 15) is 0 Å². The van der Waals surface area contributed by atoms with Gasteiger partial charge in [-0.2, -0.15) is 0 Å². The standard InChI is InChI=1S/C11H15NO/c1-10-6-5-9-13-12(10)11-7-3-2-4-8-11/h2-4,7-8,10H,5-6,9H2,1H3. The van der Waals surface area contributed by atoms with Crippen molar-refractivity contribution in [3.63, 3.8) is 0 Å². The van der Waals surface area contributed by atoms with Crippen LogP contribution in [0.25, 0.3) is 0 Å². The molecule has 1 aliphatic heterocycles. The molecule has 1 fully saturated rings. The highest BCUT2D eigenvalue weighted by molar-refractivity contribution is 5.44. The first-order chi connectivity index (χ1) is 6.38. The summed E-state index contributed by atoms with van der Waals surface area (Å²) in [7, 11) is 0. The molecular weight excluding hydrogens is 162 g/mol. The normalized spacial score (nSPS) is 23.2. The fourth-order valence-electron chi connectivity index (χ4n) is 1.69. The van der Waals surface area contributed by atoms with Crippen molar-refractivity contribution in [3.05, 3.63) is 30.3 Å². The van der Waals surface area contributed by atoms with Crippen LogP contribution in [0, 0.1) is 0 Å². The van der Waals surface area contributed by atoms with Gasteiger partial charge in [-0.25, -0.2) is 0 Å². The lowest BCUT2D eigenvalue weighted by Crippen LogP contribution is -2.37. The summed E-state index contributed by atoms with van der Waals surface area (Å²) in [5, 5.41) is 2.02. The molecule has 1 aromatic carbocycles. The number of hydrogen-bond acceptors (Lipinski definition) is 2. The Morgan fingerprint density at radius 2 is 2.08 bits per heavy atom. The molecule has 1 heterocycles. The van der Waals surface area contributed by atoms with E-state index in [2.05, 4.69) is 19.1 Å². The van der Waals surface area contributed by atoms with Crippen molar-refractivity contribution in [3.8, 4) is 0 Å². The average Bonchev–Trinajstić information content (AvgIpc) is 2.20. The summed E-state index contributed by atoms with van der Waals surface area (Å²) in [6, 6.07) is 10.8. The molecule has 1 aromatic rings. The van der Waals surface area contributed by atoms with Crippen LogP contribution in [0.15, 0.2) is 30.3 Å². The van der Waals surface area contributed by atoms with Gasteiger partial charge in [-0.3, -0.25) is 9.90 Å². The van der Waals surface area contributed by atoms with Crippen LogP contribution in [0.4, 0.5) is 5.69 Å². The van der Waals surface area contributed by atoms with Crippen molar-refractivity contribution in [1.82, 2.24) is 0 Å². The van der Waals surface area contributed by atoms with E-state index in [0.717, 1.165) is 12.3 Å². The second kappa shape index (κ2) is 3.79. The summed E-state index contributed by atoms with van der Waals surface area (Å²) in [6.07, 6.45) is 2.39. The van der Waals surface area contributed by atoms with E-state index in [1.54, 1.807) is 0 Å². The van der Waals surface area contributed by atoms with Crippen LogP contribution in [0.3, 0.4) is 0 Å². The predicted molar refractivity (Wildman–Crippen MR) is 53.6 cm³/mol. The van der Waals surface area contributed by atoms with E-state index in [4.69, 9.17) is 4.84 Å². The summed E-state index contributed by atoms with van der Waals surface area (Å²) in [5.74, 6) is 0. The lowest BCUT2D eigenvalue weighted by Gasteiger charge is -2.34. The summed E-state index contributed by atoms with van der Waals surface area (Å²) in [5.41, 5.74) is 1.16. The molecule has 0 bridgehead atoms. The predicted octanol–water partition coefficient (Wildman–Crippen LogP) is 2.61. The summed E-state index contributed by atoms with van der Waals surface area (Å²) < 4.78 is 0. The van der Waals surface area contributed by atoms with Crippen LogP contribution < -0.4 is 5.06 Å². The topological polar surface area (TPSA) is 12.5 Å². The lowest BCUT2D eigenvalue weighted by molar-refractivity contribution is 0.0533.